The molecule has 0 radical (unpaired) electrons. The van der Waals surface area contributed by atoms with Crippen molar-refractivity contribution in [2.45, 2.75) is 31.4 Å². The molecule has 1 atom stereocenters. The summed E-state index contributed by atoms with van der Waals surface area (Å²) in [5.74, 6) is -0.989. The van der Waals surface area contributed by atoms with E-state index in [-0.39, 0.29) is 12.1 Å². The van der Waals surface area contributed by atoms with Gasteiger partial charge in [0.2, 0.25) is 0 Å². The summed E-state index contributed by atoms with van der Waals surface area (Å²) in [5, 5.41) is 18.9. The number of carbonyl (C=O) groups is 2. The fourth-order valence-electron chi connectivity index (χ4n) is 3.03. The first kappa shape index (κ1) is 13.9. The lowest BCUT2D eigenvalue weighted by Gasteiger charge is -2.34. The van der Waals surface area contributed by atoms with Crippen LogP contribution in [0.15, 0.2) is 24.3 Å². The number of fused-ring (bicyclic) bond motifs is 1. The molecule has 0 aromatic heterocycles. The minimum atomic E-state index is -0.989. The zero-order chi connectivity index (χ0) is 15.0. The summed E-state index contributed by atoms with van der Waals surface area (Å²) in [6.07, 6.45) is 1.06. The number of aliphatic carboxylic acids is 1. The fourth-order valence-corrected chi connectivity index (χ4v) is 3.03. The molecule has 2 aliphatic heterocycles. The van der Waals surface area contributed by atoms with Crippen molar-refractivity contribution in [1.29, 1.82) is 0 Å². The standard InChI is InChI=1S/C15H18N2O4/c18-11-5-7-16(8-6-11)15(21)17-12-4-2-1-3-10(12)9-13(17)14(19)20/h1-4,11,13,18H,5-9H2,(H,19,20)/t13-/m0/s1. The second-order valence-corrected chi connectivity index (χ2v) is 5.56. The van der Waals surface area contributed by atoms with Gasteiger partial charge in [-0.2, -0.15) is 0 Å². The molecule has 0 saturated carbocycles. The number of urea groups is 1. The molecular formula is C15H18N2O4. The first-order valence-electron chi connectivity index (χ1n) is 7.15. The van der Waals surface area contributed by atoms with E-state index in [1.165, 1.54) is 4.90 Å². The third-order valence-corrected chi connectivity index (χ3v) is 4.20. The number of amides is 2. The van der Waals surface area contributed by atoms with Gasteiger partial charge in [-0.15, -0.1) is 0 Å². The van der Waals surface area contributed by atoms with E-state index in [1.54, 1.807) is 11.0 Å². The molecule has 1 saturated heterocycles. The van der Waals surface area contributed by atoms with Crippen LogP contribution < -0.4 is 4.90 Å². The molecule has 2 aliphatic rings. The zero-order valence-electron chi connectivity index (χ0n) is 11.6. The molecule has 3 rings (SSSR count). The Morgan fingerprint density at radius 3 is 2.48 bits per heavy atom. The molecule has 6 nitrogen and oxygen atoms in total. The van der Waals surface area contributed by atoms with Crippen LogP contribution in [-0.2, 0) is 11.2 Å². The summed E-state index contributed by atoms with van der Waals surface area (Å²) in [4.78, 5) is 27.2. The van der Waals surface area contributed by atoms with Crippen LogP contribution in [0.5, 0.6) is 0 Å². The molecule has 0 bridgehead atoms. The van der Waals surface area contributed by atoms with Gasteiger partial charge in [-0.1, -0.05) is 18.2 Å². The number of nitrogens with zero attached hydrogens (tertiary/aromatic N) is 2. The summed E-state index contributed by atoms with van der Waals surface area (Å²) in [7, 11) is 0. The third-order valence-electron chi connectivity index (χ3n) is 4.20. The number of rotatable bonds is 1. The van der Waals surface area contributed by atoms with Crippen molar-refractivity contribution in [3.8, 4) is 0 Å². The minimum absolute atomic E-state index is 0.278. The largest absolute Gasteiger partial charge is 0.480 e. The van der Waals surface area contributed by atoms with E-state index in [0.29, 0.717) is 38.0 Å². The van der Waals surface area contributed by atoms with Crippen molar-refractivity contribution < 1.29 is 19.8 Å². The van der Waals surface area contributed by atoms with Gasteiger partial charge in [-0.25, -0.2) is 9.59 Å². The highest BCUT2D eigenvalue weighted by atomic mass is 16.4. The Kier molecular flexibility index (Phi) is 3.55. The van der Waals surface area contributed by atoms with Crippen LogP contribution in [0.25, 0.3) is 0 Å². The highest BCUT2D eigenvalue weighted by Gasteiger charge is 2.40. The SMILES string of the molecule is O=C(O)[C@@H]1Cc2ccccc2N1C(=O)N1CCC(O)CC1. The van der Waals surface area contributed by atoms with Gasteiger partial charge in [0.1, 0.15) is 6.04 Å². The van der Waals surface area contributed by atoms with Crippen molar-refractivity contribution in [3.05, 3.63) is 29.8 Å². The minimum Gasteiger partial charge on any atom is -0.480 e. The van der Waals surface area contributed by atoms with E-state index in [9.17, 15) is 19.8 Å². The average Bonchev–Trinajstić information content (AvgIpc) is 2.87. The van der Waals surface area contributed by atoms with E-state index >= 15 is 0 Å². The molecule has 2 amide bonds. The van der Waals surface area contributed by atoms with Gasteiger partial charge in [0.05, 0.1) is 6.10 Å². The van der Waals surface area contributed by atoms with Gasteiger partial charge in [0, 0.05) is 25.2 Å². The number of hydrogen-bond donors (Lipinski definition) is 2. The van der Waals surface area contributed by atoms with Crippen LogP contribution in [0.2, 0.25) is 0 Å². The molecular weight excluding hydrogens is 272 g/mol. The normalized spacial score (nSPS) is 22.2. The molecule has 0 spiro atoms. The van der Waals surface area contributed by atoms with Crippen LogP contribution >= 0.6 is 0 Å². The van der Waals surface area contributed by atoms with Crippen molar-refractivity contribution in [1.82, 2.24) is 4.90 Å². The molecule has 1 aromatic rings. The predicted octanol–water partition coefficient (Wildman–Crippen LogP) is 1.08. The number of aliphatic hydroxyl groups excluding tert-OH is 1. The predicted molar refractivity (Wildman–Crippen MR) is 76.3 cm³/mol. The smallest absolute Gasteiger partial charge is 0.327 e. The van der Waals surface area contributed by atoms with Gasteiger partial charge in [-0.05, 0) is 24.5 Å². The lowest BCUT2D eigenvalue weighted by atomic mass is 10.1. The number of carbonyl (C=O) groups excluding carboxylic acids is 1. The van der Waals surface area contributed by atoms with Crippen molar-refractivity contribution >= 4 is 17.7 Å². The third kappa shape index (κ3) is 2.47. The Bertz CT molecular complexity index is 567. The monoisotopic (exact) mass is 290 g/mol. The molecule has 6 heteroatoms. The summed E-state index contributed by atoms with van der Waals surface area (Å²) in [6.45, 7) is 0.927. The lowest BCUT2D eigenvalue weighted by Crippen LogP contribution is -2.52. The first-order valence-corrected chi connectivity index (χ1v) is 7.15. The van der Waals surface area contributed by atoms with Crippen molar-refractivity contribution in [2.24, 2.45) is 0 Å². The number of likely N-dealkylation sites (tertiary alicyclic amines) is 1. The molecule has 1 fully saturated rings. The van der Waals surface area contributed by atoms with Gasteiger partial charge in [-0.3, -0.25) is 4.90 Å². The topological polar surface area (TPSA) is 81.1 Å². The Hall–Kier alpha value is -2.08. The Labute approximate surface area is 122 Å². The van der Waals surface area contributed by atoms with Crippen molar-refractivity contribution in [2.75, 3.05) is 18.0 Å². The Morgan fingerprint density at radius 1 is 1.14 bits per heavy atom. The molecule has 0 unspecified atom stereocenters. The van der Waals surface area contributed by atoms with Gasteiger partial charge >= 0.3 is 12.0 Å². The maximum Gasteiger partial charge on any atom is 0.327 e. The van der Waals surface area contributed by atoms with Crippen LogP contribution in [0.3, 0.4) is 0 Å². The highest BCUT2D eigenvalue weighted by molar-refractivity contribution is 6.01. The number of carboxylic acid groups (broad SMARTS) is 1. The van der Waals surface area contributed by atoms with Gasteiger partial charge in [0.25, 0.3) is 0 Å². The second kappa shape index (κ2) is 5.37. The number of piperidine rings is 1. The average molecular weight is 290 g/mol. The maximum absolute atomic E-state index is 12.7. The number of benzene rings is 1. The zero-order valence-corrected chi connectivity index (χ0v) is 11.6. The lowest BCUT2D eigenvalue weighted by molar-refractivity contribution is -0.138. The van der Waals surface area contributed by atoms with E-state index in [2.05, 4.69) is 0 Å². The van der Waals surface area contributed by atoms with E-state index in [0.717, 1.165) is 5.56 Å². The fraction of sp³-hybridized carbons (Fsp3) is 0.467. The number of para-hydroxylation sites is 1. The highest BCUT2D eigenvalue weighted by Crippen LogP contribution is 2.33. The first-order chi connectivity index (χ1) is 10.1. The van der Waals surface area contributed by atoms with E-state index in [4.69, 9.17) is 0 Å². The molecule has 0 aliphatic carbocycles. The van der Waals surface area contributed by atoms with Crippen LogP contribution in [-0.4, -0.2) is 52.3 Å². The van der Waals surface area contributed by atoms with E-state index in [1.807, 2.05) is 18.2 Å². The van der Waals surface area contributed by atoms with E-state index < -0.39 is 12.0 Å². The summed E-state index contributed by atoms with van der Waals surface area (Å²) in [6, 6.07) is 6.18. The van der Waals surface area contributed by atoms with Crippen LogP contribution in [0.1, 0.15) is 18.4 Å². The number of hydrogen-bond acceptors (Lipinski definition) is 3. The van der Waals surface area contributed by atoms with Crippen LogP contribution in [0.4, 0.5) is 10.5 Å². The number of carboxylic acids is 1. The molecule has 1 aromatic carbocycles. The quantitative estimate of drug-likeness (QED) is 0.811. The van der Waals surface area contributed by atoms with Gasteiger partial charge in [0.15, 0.2) is 0 Å². The summed E-state index contributed by atoms with van der Waals surface area (Å²) < 4.78 is 0. The molecule has 2 heterocycles. The van der Waals surface area contributed by atoms with Gasteiger partial charge < -0.3 is 15.1 Å². The van der Waals surface area contributed by atoms with Crippen LogP contribution in [0, 0.1) is 0 Å². The summed E-state index contributed by atoms with van der Waals surface area (Å²) in [5.41, 5.74) is 1.57. The Balaban J connectivity index is 1.87. The Morgan fingerprint density at radius 2 is 1.81 bits per heavy atom. The molecule has 2 N–H and O–H groups in total. The number of anilines is 1. The molecule has 21 heavy (non-hydrogen) atoms. The van der Waals surface area contributed by atoms with Crippen molar-refractivity contribution in [3.63, 3.8) is 0 Å². The summed E-state index contributed by atoms with van der Waals surface area (Å²) >= 11 is 0. The maximum atomic E-state index is 12.7. The second-order valence-electron chi connectivity index (χ2n) is 5.56. The number of aliphatic hydroxyl groups is 1. The molecule has 112 valence electrons.